The van der Waals surface area contributed by atoms with Crippen LogP contribution in [0.15, 0.2) is 48.7 Å². The number of aromatic nitrogens is 2. The Morgan fingerprint density at radius 2 is 1.82 bits per heavy atom. The molecule has 3 aromatic rings. The van der Waals surface area contributed by atoms with E-state index in [-0.39, 0.29) is 29.9 Å². The minimum atomic E-state index is -0.357. The molecular weight excluding hydrogens is 376 g/mol. The number of hydrogen-bond acceptors (Lipinski definition) is 3. The first-order valence-electron chi connectivity index (χ1n) is 9.24. The van der Waals surface area contributed by atoms with Gasteiger partial charge in [-0.05, 0) is 36.1 Å². The molecule has 0 spiro atoms. The molecule has 0 saturated heterocycles. The fraction of sp³-hybridized carbons (Fsp3) is 0.286. The molecule has 0 atom stereocenters. The van der Waals surface area contributed by atoms with Crippen LogP contribution >= 0.6 is 11.6 Å². The van der Waals surface area contributed by atoms with Crippen molar-refractivity contribution in [2.24, 2.45) is 5.92 Å². The molecule has 7 heteroatoms. The Labute approximate surface area is 168 Å². The second-order valence-electron chi connectivity index (χ2n) is 6.95. The molecule has 0 bridgehead atoms. The quantitative estimate of drug-likeness (QED) is 0.637. The van der Waals surface area contributed by atoms with Gasteiger partial charge in [0.15, 0.2) is 5.69 Å². The minimum absolute atomic E-state index is 0.197. The summed E-state index contributed by atoms with van der Waals surface area (Å²) >= 11 is 6.14. The van der Waals surface area contributed by atoms with Gasteiger partial charge in [-0.3, -0.25) is 14.0 Å². The highest BCUT2D eigenvalue weighted by molar-refractivity contribution is 6.31. The average molecular weight is 399 g/mol. The third kappa shape index (κ3) is 4.51. The van der Waals surface area contributed by atoms with Crippen molar-refractivity contribution in [2.45, 2.75) is 26.8 Å². The lowest BCUT2D eigenvalue weighted by atomic mass is 10.1. The van der Waals surface area contributed by atoms with Gasteiger partial charge >= 0.3 is 0 Å². The highest BCUT2D eigenvalue weighted by atomic mass is 35.5. The maximum absolute atomic E-state index is 12.7. The second-order valence-corrected chi connectivity index (χ2v) is 7.36. The number of benzene rings is 1. The first-order chi connectivity index (χ1) is 13.5. The molecule has 28 heavy (non-hydrogen) atoms. The van der Waals surface area contributed by atoms with Crippen LogP contribution in [0, 0.1) is 5.92 Å². The monoisotopic (exact) mass is 398 g/mol. The van der Waals surface area contributed by atoms with Gasteiger partial charge in [0, 0.05) is 24.3 Å². The van der Waals surface area contributed by atoms with Gasteiger partial charge in [0.05, 0.1) is 5.52 Å². The highest BCUT2D eigenvalue weighted by Crippen LogP contribution is 2.16. The third-order valence-corrected chi connectivity index (χ3v) is 4.74. The van der Waals surface area contributed by atoms with Crippen LogP contribution in [0.5, 0.6) is 0 Å². The third-order valence-electron chi connectivity index (χ3n) is 4.37. The molecule has 2 N–H and O–H groups in total. The van der Waals surface area contributed by atoms with E-state index in [1.54, 1.807) is 28.8 Å². The Morgan fingerprint density at radius 3 is 2.57 bits per heavy atom. The zero-order chi connectivity index (χ0) is 20.1. The maximum atomic E-state index is 12.7. The Kier molecular flexibility index (Phi) is 6.31. The molecule has 3 rings (SSSR count). The smallest absolute Gasteiger partial charge is 0.287 e. The standard InChI is InChI=1S/C21H23ClN4O2/c1-14(2)10-11-23-21(28)19-25-18(17-9-5-6-12-26(17)19)20(27)24-13-15-7-3-4-8-16(15)22/h3-9,12,14H,10-11,13H2,1-2H3,(H,23,28)(H,24,27). The van der Waals surface area contributed by atoms with Crippen molar-refractivity contribution in [2.75, 3.05) is 6.54 Å². The summed E-state index contributed by atoms with van der Waals surface area (Å²) in [5.41, 5.74) is 1.60. The van der Waals surface area contributed by atoms with E-state index in [9.17, 15) is 9.59 Å². The van der Waals surface area contributed by atoms with Crippen LogP contribution in [0.4, 0.5) is 0 Å². The molecule has 0 fully saturated rings. The number of nitrogens with one attached hydrogen (secondary N) is 2. The van der Waals surface area contributed by atoms with E-state index in [1.807, 2.05) is 24.3 Å². The van der Waals surface area contributed by atoms with Gasteiger partial charge in [0.25, 0.3) is 11.8 Å². The van der Waals surface area contributed by atoms with Crippen molar-refractivity contribution in [3.05, 3.63) is 70.8 Å². The fourth-order valence-electron chi connectivity index (χ4n) is 2.82. The zero-order valence-electron chi connectivity index (χ0n) is 15.9. The first kappa shape index (κ1) is 19.9. The summed E-state index contributed by atoms with van der Waals surface area (Å²) in [6.07, 6.45) is 2.60. The van der Waals surface area contributed by atoms with E-state index in [2.05, 4.69) is 29.5 Å². The number of fused-ring (bicyclic) bond motifs is 1. The second kappa shape index (κ2) is 8.89. The first-order valence-corrected chi connectivity index (χ1v) is 9.62. The van der Waals surface area contributed by atoms with Gasteiger partial charge in [-0.15, -0.1) is 0 Å². The number of carbonyl (C=O) groups excluding carboxylic acids is 2. The molecule has 0 unspecified atom stereocenters. The van der Waals surface area contributed by atoms with Gasteiger partial charge in [0.1, 0.15) is 0 Å². The van der Waals surface area contributed by atoms with E-state index in [0.717, 1.165) is 12.0 Å². The lowest BCUT2D eigenvalue weighted by Crippen LogP contribution is -2.27. The van der Waals surface area contributed by atoms with Gasteiger partial charge in [0.2, 0.25) is 5.82 Å². The SMILES string of the molecule is CC(C)CCNC(=O)c1nc(C(=O)NCc2ccccc2Cl)c2ccccn12. The molecule has 146 valence electrons. The summed E-state index contributed by atoms with van der Waals surface area (Å²) in [7, 11) is 0. The van der Waals surface area contributed by atoms with Crippen LogP contribution in [-0.4, -0.2) is 27.7 Å². The molecular formula is C21H23ClN4O2. The number of rotatable bonds is 7. The molecule has 0 saturated carbocycles. The molecule has 0 aliphatic carbocycles. The molecule has 2 heterocycles. The zero-order valence-corrected chi connectivity index (χ0v) is 16.7. The number of carbonyl (C=O) groups is 2. The molecule has 0 aliphatic heterocycles. The van der Waals surface area contributed by atoms with Gasteiger partial charge in [-0.1, -0.05) is 49.7 Å². The summed E-state index contributed by atoms with van der Waals surface area (Å²) < 4.78 is 1.63. The number of imidazole rings is 1. The van der Waals surface area contributed by atoms with Gasteiger partial charge < -0.3 is 10.6 Å². The molecule has 1 aromatic carbocycles. The average Bonchev–Trinajstić information content (AvgIpc) is 3.07. The molecule has 0 radical (unpaired) electrons. The number of pyridine rings is 1. The van der Waals surface area contributed by atoms with Crippen LogP contribution < -0.4 is 10.6 Å². The lowest BCUT2D eigenvalue weighted by molar-refractivity contribution is 0.0941. The topological polar surface area (TPSA) is 75.5 Å². The Balaban J connectivity index is 1.80. The van der Waals surface area contributed by atoms with Crippen LogP contribution in [0.1, 0.15) is 46.9 Å². The van der Waals surface area contributed by atoms with Crippen molar-refractivity contribution in [3.8, 4) is 0 Å². The molecule has 2 aromatic heterocycles. The lowest BCUT2D eigenvalue weighted by Gasteiger charge is -2.06. The van der Waals surface area contributed by atoms with E-state index < -0.39 is 0 Å². The summed E-state index contributed by atoms with van der Waals surface area (Å²) in [6, 6.07) is 12.7. The molecule has 6 nitrogen and oxygen atoms in total. The van der Waals surface area contributed by atoms with E-state index in [0.29, 0.717) is 23.0 Å². The van der Waals surface area contributed by atoms with Crippen molar-refractivity contribution in [3.63, 3.8) is 0 Å². The van der Waals surface area contributed by atoms with Crippen molar-refractivity contribution in [1.82, 2.24) is 20.0 Å². The Hall–Kier alpha value is -2.86. The predicted octanol–water partition coefficient (Wildman–Crippen LogP) is 3.69. The molecule has 0 aliphatic rings. The van der Waals surface area contributed by atoms with Crippen LogP contribution in [0.25, 0.3) is 5.52 Å². The molecule has 2 amide bonds. The van der Waals surface area contributed by atoms with Gasteiger partial charge in [-0.2, -0.15) is 0 Å². The highest BCUT2D eigenvalue weighted by Gasteiger charge is 2.21. The summed E-state index contributed by atoms with van der Waals surface area (Å²) in [5.74, 6) is 0.0302. The Morgan fingerprint density at radius 1 is 1.07 bits per heavy atom. The van der Waals surface area contributed by atoms with E-state index in [1.165, 1.54) is 0 Å². The number of hydrogen-bond donors (Lipinski definition) is 2. The van der Waals surface area contributed by atoms with Crippen LogP contribution in [-0.2, 0) is 6.54 Å². The predicted molar refractivity (Wildman–Crippen MR) is 110 cm³/mol. The largest absolute Gasteiger partial charge is 0.349 e. The van der Waals surface area contributed by atoms with Crippen LogP contribution in [0.3, 0.4) is 0 Å². The van der Waals surface area contributed by atoms with E-state index >= 15 is 0 Å². The van der Waals surface area contributed by atoms with E-state index in [4.69, 9.17) is 11.6 Å². The Bertz CT molecular complexity index is 997. The maximum Gasteiger partial charge on any atom is 0.287 e. The summed E-state index contributed by atoms with van der Waals surface area (Å²) in [4.78, 5) is 29.6. The van der Waals surface area contributed by atoms with Crippen molar-refractivity contribution < 1.29 is 9.59 Å². The number of amides is 2. The summed E-state index contributed by atoms with van der Waals surface area (Å²) in [6.45, 7) is 5.03. The fourth-order valence-corrected chi connectivity index (χ4v) is 3.02. The normalized spacial score (nSPS) is 11.0. The number of nitrogens with zero attached hydrogens (tertiary/aromatic N) is 2. The number of halogens is 1. The van der Waals surface area contributed by atoms with Crippen molar-refractivity contribution >= 4 is 28.9 Å². The minimum Gasteiger partial charge on any atom is -0.349 e. The van der Waals surface area contributed by atoms with Crippen molar-refractivity contribution in [1.29, 1.82) is 0 Å². The summed E-state index contributed by atoms with van der Waals surface area (Å²) in [5, 5.41) is 6.28. The van der Waals surface area contributed by atoms with Crippen LogP contribution in [0.2, 0.25) is 5.02 Å². The van der Waals surface area contributed by atoms with Gasteiger partial charge in [-0.25, -0.2) is 4.98 Å².